The number of hydrogen-bond acceptors (Lipinski definition) is 4. The number of thiophene rings is 1. The van der Waals surface area contributed by atoms with Gasteiger partial charge in [0.25, 0.3) is 0 Å². The van der Waals surface area contributed by atoms with Crippen LogP contribution in [0.5, 0.6) is 0 Å². The van der Waals surface area contributed by atoms with Crippen LogP contribution in [-0.2, 0) is 13.6 Å². The molecule has 0 spiro atoms. The lowest BCUT2D eigenvalue weighted by atomic mass is 10.1. The second-order valence-electron chi connectivity index (χ2n) is 5.63. The Morgan fingerprint density at radius 2 is 2.32 bits per heavy atom. The lowest BCUT2D eigenvalue weighted by Crippen LogP contribution is -2.52. The Labute approximate surface area is 134 Å². The van der Waals surface area contributed by atoms with E-state index in [4.69, 9.17) is 0 Å². The molecule has 2 aromatic heterocycles. The van der Waals surface area contributed by atoms with Gasteiger partial charge in [0.15, 0.2) is 0 Å². The van der Waals surface area contributed by atoms with Crippen molar-refractivity contribution in [1.29, 1.82) is 0 Å². The Morgan fingerprint density at radius 1 is 1.45 bits per heavy atom. The fraction of sp³-hybridized carbons (Fsp3) is 0.467. The number of urea groups is 1. The number of amides is 2. The zero-order valence-electron chi connectivity index (χ0n) is 12.9. The highest BCUT2D eigenvalue weighted by molar-refractivity contribution is 7.07. The Kier molecular flexibility index (Phi) is 4.44. The number of carbonyl (C=O) groups excluding carboxylic acids is 1. The minimum atomic E-state index is -0.00138. The van der Waals surface area contributed by atoms with E-state index in [-0.39, 0.29) is 12.1 Å². The first-order valence-electron chi connectivity index (χ1n) is 7.36. The number of piperazine rings is 1. The third-order valence-electron chi connectivity index (χ3n) is 4.12. The van der Waals surface area contributed by atoms with Gasteiger partial charge < -0.3 is 14.8 Å². The van der Waals surface area contributed by atoms with Crippen LogP contribution < -0.4 is 5.32 Å². The third-order valence-corrected chi connectivity index (χ3v) is 4.85. The van der Waals surface area contributed by atoms with E-state index in [1.807, 2.05) is 34.2 Å². The first kappa shape index (κ1) is 15.1. The monoisotopic (exact) mass is 319 g/mol. The summed E-state index contributed by atoms with van der Waals surface area (Å²) in [5, 5.41) is 7.08. The summed E-state index contributed by atoms with van der Waals surface area (Å²) in [6.07, 6.45) is 3.75. The van der Waals surface area contributed by atoms with Gasteiger partial charge in [-0.05, 0) is 29.4 Å². The van der Waals surface area contributed by atoms with Gasteiger partial charge in [-0.1, -0.05) is 0 Å². The summed E-state index contributed by atoms with van der Waals surface area (Å²) < 4.78 is 2.02. The maximum absolute atomic E-state index is 12.4. The van der Waals surface area contributed by atoms with Gasteiger partial charge in [0.05, 0.1) is 6.04 Å². The molecule has 6 nitrogen and oxygen atoms in total. The molecule has 0 aliphatic carbocycles. The van der Waals surface area contributed by atoms with Gasteiger partial charge in [-0.2, -0.15) is 11.3 Å². The lowest BCUT2D eigenvalue weighted by Gasteiger charge is -2.38. The molecular weight excluding hydrogens is 298 g/mol. The van der Waals surface area contributed by atoms with Crippen LogP contribution in [0.4, 0.5) is 4.79 Å². The summed E-state index contributed by atoms with van der Waals surface area (Å²) in [5.41, 5.74) is 1.15. The van der Waals surface area contributed by atoms with Crippen LogP contribution in [0.3, 0.4) is 0 Å². The predicted octanol–water partition coefficient (Wildman–Crippen LogP) is 1.68. The molecule has 1 fully saturated rings. The van der Waals surface area contributed by atoms with Gasteiger partial charge in [-0.25, -0.2) is 9.78 Å². The molecule has 1 aliphatic rings. The van der Waals surface area contributed by atoms with Crippen molar-refractivity contribution in [2.24, 2.45) is 7.05 Å². The maximum atomic E-state index is 12.4. The number of aromatic nitrogens is 2. The largest absolute Gasteiger partial charge is 0.337 e. The molecule has 3 rings (SSSR count). The van der Waals surface area contributed by atoms with Crippen LogP contribution in [0.15, 0.2) is 29.2 Å². The third kappa shape index (κ3) is 3.15. The lowest BCUT2D eigenvalue weighted by molar-refractivity contribution is 0.104. The average Bonchev–Trinajstić information content (AvgIpc) is 3.17. The number of imidazole rings is 1. The van der Waals surface area contributed by atoms with Gasteiger partial charge in [0.2, 0.25) is 0 Å². The van der Waals surface area contributed by atoms with Crippen molar-refractivity contribution < 1.29 is 4.79 Å². The molecule has 2 amide bonds. The fourth-order valence-corrected chi connectivity index (χ4v) is 3.39. The van der Waals surface area contributed by atoms with E-state index in [1.54, 1.807) is 17.5 Å². The summed E-state index contributed by atoms with van der Waals surface area (Å²) in [5.74, 6) is 0.998. The molecule has 0 bridgehead atoms. The minimum absolute atomic E-state index is 0.00138. The van der Waals surface area contributed by atoms with Crippen LogP contribution in [-0.4, -0.2) is 52.1 Å². The number of nitrogens with one attached hydrogen (secondary N) is 1. The molecule has 3 heterocycles. The van der Waals surface area contributed by atoms with Crippen molar-refractivity contribution in [2.75, 3.05) is 26.7 Å². The standard InChI is InChI=1S/C15H21N5OS/c1-18-6-7-20(10-13(18)14-16-4-5-19(14)2)15(21)17-9-12-3-8-22-11-12/h3-5,8,11,13H,6-7,9-10H2,1-2H3,(H,17,21)/t13-/m0/s1. The van der Waals surface area contributed by atoms with Crippen molar-refractivity contribution in [3.05, 3.63) is 40.6 Å². The van der Waals surface area contributed by atoms with E-state index in [0.717, 1.165) is 24.5 Å². The molecular formula is C15H21N5OS. The fourth-order valence-electron chi connectivity index (χ4n) is 2.72. The normalized spacial score (nSPS) is 19.4. The molecule has 1 N–H and O–H groups in total. The van der Waals surface area contributed by atoms with Crippen LogP contribution in [0.1, 0.15) is 17.4 Å². The SMILES string of the molecule is CN1CCN(C(=O)NCc2ccsc2)C[C@H]1c1nccn1C. The minimum Gasteiger partial charge on any atom is -0.337 e. The van der Waals surface area contributed by atoms with E-state index >= 15 is 0 Å². The van der Waals surface area contributed by atoms with Crippen molar-refractivity contribution in [2.45, 2.75) is 12.6 Å². The van der Waals surface area contributed by atoms with E-state index in [1.165, 1.54) is 0 Å². The number of hydrogen-bond donors (Lipinski definition) is 1. The molecule has 0 unspecified atom stereocenters. The van der Waals surface area contributed by atoms with Crippen molar-refractivity contribution >= 4 is 17.4 Å². The molecule has 22 heavy (non-hydrogen) atoms. The molecule has 0 radical (unpaired) electrons. The first-order chi connectivity index (χ1) is 10.6. The molecule has 1 atom stereocenters. The number of rotatable bonds is 3. The Balaban J connectivity index is 1.62. The Hall–Kier alpha value is -1.86. The van der Waals surface area contributed by atoms with E-state index in [0.29, 0.717) is 13.1 Å². The van der Waals surface area contributed by atoms with Crippen molar-refractivity contribution in [1.82, 2.24) is 24.7 Å². The second-order valence-corrected chi connectivity index (χ2v) is 6.41. The van der Waals surface area contributed by atoms with Gasteiger partial charge in [-0.15, -0.1) is 0 Å². The van der Waals surface area contributed by atoms with E-state index in [2.05, 4.69) is 27.6 Å². The van der Waals surface area contributed by atoms with Gasteiger partial charge in [0.1, 0.15) is 5.82 Å². The second kappa shape index (κ2) is 6.50. The molecule has 0 aromatic carbocycles. The zero-order chi connectivity index (χ0) is 15.5. The number of likely N-dealkylation sites (N-methyl/N-ethyl adjacent to an activating group) is 1. The van der Waals surface area contributed by atoms with Crippen molar-refractivity contribution in [3.8, 4) is 0 Å². The molecule has 0 saturated carbocycles. The quantitative estimate of drug-likeness (QED) is 0.936. The topological polar surface area (TPSA) is 53.4 Å². The highest BCUT2D eigenvalue weighted by Gasteiger charge is 2.30. The zero-order valence-corrected chi connectivity index (χ0v) is 13.7. The van der Waals surface area contributed by atoms with Crippen LogP contribution >= 0.6 is 11.3 Å². The summed E-state index contributed by atoms with van der Waals surface area (Å²) in [6, 6.07) is 2.17. The molecule has 1 saturated heterocycles. The van der Waals surface area contributed by atoms with E-state index < -0.39 is 0 Å². The molecule has 2 aromatic rings. The number of aryl methyl sites for hydroxylation is 1. The maximum Gasteiger partial charge on any atom is 0.317 e. The smallest absolute Gasteiger partial charge is 0.317 e. The summed E-state index contributed by atoms with van der Waals surface area (Å²) in [4.78, 5) is 20.9. The average molecular weight is 319 g/mol. The van der Waals surface area contributed by atoms with Crippen LogP contribution in [0, 0.1) is 0 Å². The first-order valence-corrected chi connectivity index (χ1v) is 8.30. The number of carbonyl (C=O) groups is 1. The van der Waals surface area contributed by atoms with Crippen molar-refractivity contribution in [3.63, 3.8) is 0 Å². The van der Waals surface area contributed by atoms with Crippen LogP contribution in [0.25, 0.3) is 0 Å². The molecule has 1 aliphatic heterocycles. The summed E-state index contributed by atoms with van der Waals surface area (Å²) >= 11 is 1.64. The summed E-state index contributed by atoms with van der Waals surface area (Å²) in [6.45, 7) is 2.84. The molecule has 7 heteroatoms. The van der Waals surface area contributed by atoms with Crippen LogP contribution in [0.2, 0.25) is 0 Å². The summed E-state index contributed by atoms with van der Waals surface area (Å²) in [7, 11) is 4.08. The molecule has 118 valence electrons. The Bertz CT molecular complexity index is 624. The van der Waals surface area contributed by atoms with Gasteiger partial charge in [-0.3, -0.25) is 4.90 Å². The Morgan fingerprint density at radius 3 is 3.00 bits per heavy atom. The van der Waals surface area contributed by atoms with E-state index in [9.17, 15) is 4.79 Å². The highest BCUT2D eigenvalue weighted by atomic mass is 32.1. The number of nitrogens with zero attached hydrogens (tertiary/aromatic N) is 4. The van der Waals surface area contributed by atoms with Gasteiger partial charge in [0, 0.05) is 45.6 Å². The predicted molar refractivity (Wildman–Crippen MR) is 86.7 cm³/mol. The highest BCUT2D eigenvalue weighted by Crippen LogP contribution is 2.22. The van der Waals surface area contributed by atoms with Gasteiger partial charge >= 0.3 is 6.03 Å².